The Morgan fingerprint density at radius 3 is 2.35 bits per heavy atom. The van der Waals surface area contributed by atoms with Crippen molar-refractivity contribution in [2.75, 3.05) is 5.73 Å². The molecule has 0 aliphatic carbocycles. The summed E-state index contributed by atoms with van der Waals surface area (Å²) in [7, 11) is 0. The van der Waals surface area contributed by atoms with Gasteiger partial charge in [-0.15, -0.1) is 0 Å². The SMILES string of the molecule is Cc1cc(-n2c(N)nc3cc(Br)ccc32)cc(C)c1Br. The molecule has 3 aromatic rings. The lowest BCUT2D eigenvalue weighted by Crippen LogP contribution is -2.01. The predicted octanol–water partition coefficient (Wildman–Crippen LogP) is 4.75. The fourth-order valence-corrected chi connectivity index (χ4v) is 2.97. The topological polar surface area (TPSA) is 43.8 Å². The van der Waals surface area contributed by atoms with Gasteiger partial charge in [-0.3, -0.25) is 4.57 Å². The van der Waals surface area contributed by atoms with Crippen LogP contribution in [0.3, 0.4) is 0 Å². The largest absolute Gasteiger partial charge is 0.369 e. The van der Waals surface area contributed by atoms with Crippen LogP contribution >= 0.6 is 31.9 Å². The van der Waals surface area contributed by atoms with Crippen molar-refractivity contribution in [3.05, 3.63) is 50.4 Å². The van der Waals surface area contributed by atoms with Gasteiger partial charge in [-0.1, -0.05) is 31.9 Å². The number of benzene rings is 2. The first-order valence-corrected chi connectivity index (χ1v) is 7.76. The summed E-state index contributed by atoms with van der Waals surface area (Å²) in [6.07, 6.45) is 0. The van der Waals surface area contributed by atoms with Gasteiger partial charge in [0.05, 0.1) is 11.0 Å². The van der Waals surface area contributed by atoms with Crippen LogP contribution in [0.4, 0.5) is 5.95 Å². The van der Waals surface area contributed by atoms with Crippen LogP contribution < -0.4 is 5.73 Å². The van der Waals surface area contributed by atoms with E-state index in [9.17, 15) is 0 Å². The molecule has 0 atom stereocenters. The van der Waals surface area contributed by atoms with Gasteiger partial charge in [0.2, 0.25) is 5.95 Å². The van der Waals surface area contributed by atoms with Crippen LogP contribution in [0.2, 0.25) is 0 Å². The molecule has 20 heavy (non-hydrogen) atoms. The smallest absolute Gasteiger partial charge is 0.205 e. The fraction of sp³-hybridized carbons (Fsp3) is 0.133. The molecular weight excluding hydrogens is 382 g/mol. The van der Waals surface area contributed by atoms with Crippen molar-refractivity contribution in [2.45, 2.75) is 13.8 Å². The summed E-state index contributed by atoms with van der Waals surface area (Å²) in [6, 6.07) is 10.2. The van der Waals surface area contributed by atoms with Gasteiger partial charge in [-0.05, 0) is 55.3 Å². The number of hydrogen-bond acceptors (Lipinski definition) is 2. The van der Waals surface area contributed by atoms with Crippen LogP contribution in [0.15, 0.2) is 39.3 Å². The molecule has 0 radical (unpaired) electrons. The summed E-state index contributed by atoms with van der Waals surface area (Å²) in [5.74, 6) is 0.499. The molecule has 0 spiro atoms. The van der Waals surface area contributed by atoms with Crippen LogP contribution in [0.25, 0.3) is 16.7 Å². The van der Waals surface area contributed by atoms with Crippen LogP contribution in [0.5, 0.6) is 0 Å². The Morgan fingerprint density at radius 1 is 1.05 bits per heavy atom. The Hall–Kier alpha value is -1.33. The Kier molecular flexibility index (Phi) is 3.34. The van der Waals surface area contributed by atoms with Crippen LogP contribution in [-0.2, 0) is 0 Å². The zero-order chi connectivity index (χ0) is 14.4. The van der Waals surface area contributed by atoms with E-state index in [1.807, 2.05) is 22.8 Å². The molecule has 0 amide bonds. The number of nitrogens with two attached hydrogens (primary N) is 1. The molecule has 0 unspecified atom stereocenters. The zero-order valence-electron chi connectivity index (χ0n) is 11.1. The number of fused-ring (bicyclic) bond motifs is 1. The van der Waals surface area contributed by atoms with E-state index >= 15 is 0 Å². The lowest BCUT2D eigenvalue weighted by molar-refractivity contribution is 1.09. The summed E-state index contributed by atoms with van der Waals surface area (Å²) in [6.45, 7) is 4.15. The van der Waals surface area contributed by atoms with Gasteiger partial charge in [0.1, 0.15) is 0 Å². The van der Waals surface area contributed by atoms with Crippen molar-refractivity contribution in [1.29, 1.82) is 0 Å². The molecule has 2 N–H and O–H groups in total. The molecule has 3 nitrogen and oxygen atoms in total. The van der Waals surface area contributed by atoms with E-state index in [0.717, 1.165) is 25.7 Å². The summed E-state index contributed by atoms with van der Waals surface area (Å²) >= 11 is 7.05. The van der Waals surface area contributed by atoms with E-state index in [1.54, 1.807) is 0 Å². The third kappa shape index (κ3) is 2.15. The van der Waals surface area contributed by atoms with Crippen molar-refractivity contribution in [3.63, 3.8) is 0 Å². The van der Waals surface area contributed by atoms with E-state index in [0.29, 0.717) is 5.95 Å². The monoisotopic (exact) mass is 393 g/mol. The second-order valence-electron chi connectivity index (χ2n) is 4.83. The molecule has 0 bridgehead atoms. The average Bonchev–Trinajstić information content (AvgIpc) is 2.70. The first kappa shape index (κ1) is 13.6. The minimum Gasteiger partial charge on any atom is -0.369 e. The Balaban J connectivity index is 2.32. The standard InChI is InChI=1S/C15H13Br2N3/c1-8-5-11(6-9(2)14(8)17)20-13-4-3-10(16)7-12(13)19-15(20)18/h3-7H,1-2H3,(H2,18,19). The second kappa shape index (κ2) is 4.90. The molecule has 102 valence electrons. The number of aryl methyl sites for hydroxylation is 2. The highest BCUT2D eigenvalue weighted by Crippen LogP contribution is 2.29. The fourth-order valence-electron chi connectivity index (χ4n) is 2.40. The van der Waals surface area contributed by atoms with Crippen LogP contribution in [0, 0.1) is 13.8 Å². The molecule has 1 heterocycles. The van der Waals surface area contributed by atoms with Gasteiger partial charge in [0.25, 0.3) is 0 Å². The first-order valence-electron chi connectivity index (χ1n) is 6.18. The number of hydrogen-bond donors (Lipinski definition) is 1. The average molecular weight is 395 g/mol. The van der Waals surface area contributed by atoms with Crippen molar-refractivity contribution < 1.29 is 0 Å². The number of aromatic nitrogens is 2. The number of nitrogen functional groups attached to an aromatic ring is 1. The third-order valence-electron chi connectivity index (χ3n) is 3.32. The van der Waals surface area contributed by atoms with Gasteiger partial charge in [0, 0.05) is 14.6 Å². The Bertz CT molecular complexity index is 798. The van der Waals surface area contributed by atoms with Crippen molar-refractivity contribution in [3.8, 4) is 5.69 Å². The number of imidazole rings is 1. The summed E-state index contributed by atoms with van der Waals surface area (Å²) in [5, 5.41) is 0. The van der Waals surface area contributed by atoms with Crippen molar-refractivity contribution in [2.24, 2.45) is 0 Å². The molecule has 0 saturated heterocycles. The maximum Gasteiger partial charge on any atom is 0.205 e. The van der Waals surface area contributed by atoms with E-state index in [1.165, 1.54) is 11.1 Å². The molecule has 5 heteroatoms. The third-order valence-corrected chi connectivity index (χ3v) is 5.07. The highest BCUT2D eigenvalue weighted by Gasteiger charge is 2.12. The predicted molar refractivity (Wildman–Crippen MR) is 90.4 cm³/mol. The van der Waals surface area contributed by atoms with E-state index in [-0.39, 0.29) is 0 Å². The molecule has 1 aromatic heterocycles. The summed E-state index contributed by atoms with van der Waals surface area (Å²) < 4.78 is 4.11. The Labute approximate surface area is 134 Å². The maximum absolute atomic E-state index is 6.10. The van der Waals surface area contributed by atoms with Crippen molar-refractivity contribution >= 4 is 48.8 Å². The minimum absolute atomic E-state index is 0.499. The van der Waals surface area contributed by atoms with Gasteiger partial charge < -0.3 is 5.73 Å². The highest BCUT2D eigenvalue weighted by molar-refractivity contribution is 9.10. The number of anilines is 1. The molecule has 0 aliphatic heterocycles. The first-order chi connectivity index (χ1) is 9.47. The Morgan fingerprint density at radius 2 is 1.70 bits per heavy atom. The maximum atomic E-state index is 6.10. The molecule has 2 aromatic carbocycles. The van der Waals surface area contributed by atoms with E-state index in [4.69, 9.17) is 5.73 Å². The lowest BCUT2D eigenvalue weighted by Gasteiger charge is -2.11. The molecule has 0 fully saturated rings. The normalized spacial score (nSPS) is 11.2. The lowest BCUT2D eigenvalue weighted by atomic mass is 10.1. The van der Waals surface area contributed by atoms with E-state index < -0.39 is 0 Å². The number of rotatable bonds is 1. The van der Waals surface area contributed by atoms with Gasteiger partial charge >= 0.3 is 0 Å². The zero-order valence-corrected chi connectivity index (χ0v) is 14.3. The summed E-state index contributed by atoms with van der Waals surface area (Å²) in [4.78, 5) is 4.43. The number of halogens is 2. The number of nitrogens with zero attached hydrogens (tertiary/aromatic N) is 2. The summed E-state index contributed by atoms with van der Waals surface area (Å²) in [5.41, 5.74) is 11.4. The van der Waals surface area contributed by atoms with Gasteiger partial charge in [0.15, 0.2) is 0 Å². The van der Waals surface area contributed by atoms with Crippen LogP contribution in [-0.4, -0.2) is 9.55 Å². The molecule has 0 saturated carbocycles. The molecule has 0 aliphatic rings. The van der Waals surface area contributed by atoms with Crippen LogP contribution in [0.1, 0.15) is 11.1 Å². The molecule has 3 rings (SSSR count). The van der Waals surface area contributed by atoms with Gasteiger partial charge in [-0.2, -0.15) is 0 Å². The van der Waals surface area contributed by atoms with Gasteiger partial charge in [-0.25, -0.2) is 4.98 Å². The molecular formula is C15H13Br2N3. The van der Waals surface area contributed by atoms with E-state index in [2.05, 4.69) is 62.8 Å². The minimum atomic E-state index is 0.499. The van der Waals surface area contributed by atoms with Crippen molar-refractivity contribution in [1.82, 2.24) is 9.55 Å². The quantitative estimate of drug-likeness (QED) is 0.647. The second-order valence-corrected chi connectivity index (χ2v) is 6.54. The highest BCUT2D eigenvalue weighted by atomic mass is 79.9.